The Hall–Kier alpha value is -3.49. The summed E-state index contributed by atoms with van der Waals surface area (Å²) in [5.41, 5.74) is 8.92. The van der Waals surface area contributed by atoms with Crippen molar-refractivity contribution < 1.29 is 4.74 Å². The lowest BCUT2D eigenvalue weighted by Crippen LogP contribution is -2.59. The van der Waals surface area contributed by atoms with Gasteiger partial charge in [0.1, 0.15) is 29.3 Å². The van der Waals surface area contributed by atoms with E-state index < -0.39 is 0 Å². The summed E-state index contributed by atoms with van der Waals surface area (Å²) in [6.07, 6.45) is 3.78. The van der Waals surface area contributed by atoms with Gasteiger partial charge < -0.3 is 15.8 Å². The van der Waals surface area contributed by atoms with Crippen LogP contribution >= 0.6 is 0 Å². The first-order valence-corrected chi connectivity index (χ1v) is 11.5. The second-order valence-corrected chi connectivity index (χ2v) is 8.79. The van der Waals surface area contributed by atoms with Crippen LogP contribution in [0.15, 0.2) is 60.9 Å². The van der Waals surface area contributed by atoms with E-state index in [9.17, 15) is 0 Å². The number of para-hydroxylation sites is 1. The Bertz CT molecular complexity index is 1250. The molecule has 0 aliphatic carbocycles. The van der Waals surface area contributed by atoms with Gasteiger partial charge in [0.15, 0.2) is 5.65 Å². The lowest BCUT2D eigenvalue weighted by Gasteiger charge is -2.42. The standard InChI is InChI=1S/C25H27N7O/c26-24-22-23(17-8-10-21(11-9-17)33-20-6-2-1-3-7-20)30-32(25(22)29-16-28-24)18-5-4-12-31(15-18)19-13-27-14-19/h1-3,6-11,16,18-19,27H,4-5,12-15H2,(H2,26,28,29)/t18-/m1/s1. The zero-order valence-electron chi connectivity index (χ0n) is 18.4. The van der Waals surface area contributed by atoms with E-state index >= 15 is 0 Å². The van der Waals surface area contributed by atoms with Gasteiger partial charge in [-0.25, -0.2) is 14.6 Å². The summed E-state index contributed by atoms with van der Waals surface area (Å²) in [4.78, 5) is 11.4. The number of nitrogen functional groups attached to an aromatic ring is 1. The number of rotatable bonds is 5. The molecule has 0 bridgehead atoms. The van der Waals surface area contributed by atoms with Gasteiger partial charge in [-0.3, -0.25) is 4.90 Å². The predicted molar refractivity (Wildman–Crippen MR) is 128 cm³/mol. The molecule has 3 N–H and O–H groups in total. The van der Waals surface area contributed by atoms with E-state index in [-0.39, 0.29) is 6.04 Å². The van der Waals surface area contributed by atoms with Crippen molar-refractivity contribution in [3.63, 3.8) is 0 Å². The molecule has 8 nitrogen and oxygen atoms in total. The summed E-state index contributed by atoms with van der Waals surface area (Å²) in [6, 6.07) is 18.6. The van der Waals surface area contributed by atoms with E-state index in [1.807, 2.05) is 54.6 Å². The monoisotopic (exact) mass is 441 g/mol. The van der Waals surface area contributed by atoms with E-state index in [1.165, 1.54) is 6.33 Å². The molecule has 0 saturated carbocycles. The minimum atomic E-state index is 0.269. The Morgan fingerprint density at radius 1 is 0.939 bits per heavy atom. The molecule has 0 amide bonds. The lowest BCUT2D eigenvalue weighted by molar-refractivity contribution is 0.0912. The maximum atomic E-state index is 6.33. The number of ether oxygens (including phenoxy) is 1. The van der Waals surface area contributed by atoms with E-state index in [0.29, 0.717) is 11.9 Å². The number of hydrogen-bond donors (Lipinski definition) is 2. The highest BCUT2D eigenvalue weighted by molar-refractivity contribution is 5.98. The molecule has 1 atom stereocenters. The number of likely N-dealkylation sites (tertiary alicyclic amines) is 1. The Labute approximate surface area is 192 Å². The molecule has 168 valence electrons. The van der Waals surface area contributed by atoms with Gasteiger partial charge in [0.05, 0.1) is 11.4 Å². The van der Waals surface area contributed by atoms with Crippen LogP contribution in [0.5, 0.6) is 11.5 Å². The quantitative estimate of drug-likeness (QED) is 0.490. The fourth-order valence-corrected chi connectivity index (χ4v) is 4.80. The highest BCUT2D eigenvalue weighted by Gasteiger charge is 2.32. The molecule has 2 aliphatic rings. The van der Waals surface area contributed by atoms with Crippen LogP contribution in [0.2, 0.25) is 0 Å². The van der Waals surface area contributed by atoms with Crippen molar-refractivity contribution in [2.45, 2.75) is 24.9 Å². The highest BCUT2D eigenvalue weighted by Crippen LogP contribution is 2.35. The summed E-state index contributed by atoms with van der Waals surface area (Å²) in [5.74, 6) is 2.04. The van der Waals surface area contributed by atoms with Gasteiger partial charge in [0.2, 0.25) is 0 Å². The number of fused-ring (bicyclic) bond motifs is 1. The molecule has 4 aromatic rings. The molecule has 2 aromatic carbocycles. The second-order valence-electron chi connectivity index (χ2n) is 8.79. The van der Waals surface area contributed by atoms with Gasteiger partial charge >= 0.3 is 0 Å². The Morgan fingerprint density at radius 2 is 1.73 bits per heavy atom. The number of benzene rings is 2. The zero-order chi connectivity index (χ0) is 22.2. The molecule has 6 rings (SSSR count). The molecule has 2 aromatic heterocycles. The largest absolute Gasteiger partial charge is 0.457 e. The molecule has 33 heavy (non-hydrogen) atoms. The number of anilines is 1. The number of nitrogens with two attached hydrogens (primary N) is 1. The third kappa shape index (κ3) is 3.81. The number of nitrogens with zero attached hydrogens (tertiary/aromatic N) is 5. The van der Waals surface area contributed by atoms with Crippen molar-refractivity contribution in [2.24, 2.45) is 0 Å². The first-order chi connectivity index (χ1) is 16.3. The van der Waals surface area contributed by atoms with Crippen molar-refractivity contribution in [3.05, 3.63) is 60.9 Å². The minimum Gasteiger partial charge on any atom is -0.457 e. The van der Waals surface area contributed by atoms with Crippen molar-refractivity contribution in [1.29, 1.82) is 0 Å². The van der Waals surface area contributed by atoms with Gasteiger partial charge in [-0.1, -0.05) is 18.2 Å². The normalized spacial score (nSPS) is 19.5. The first-order valence-electron chi connectivity index (χ1n) is 11.5. The SMILES string of the molecule is Nc1ncnc2c1c(-c1ccc(Oc3ccccc3)cc1)nn2[C@@H]1CCCN(C2CNC2)C1. The zero-order valence-corrected chi connectivity index (χ0v) is 18.4. The fourth-order valence-electron chi connectivity index (χ4n) is 4.80. The summed E-state index contributed by atoms with van der Waals surface area (Å²) in [6.45, 7) is 4.28. The van der Waals surface area contributed by atoms with Crippen molar-refractivity contribution in [2.75, 3.05) is 31.9 Å². The van der Waals surface area contributed by atoms with Crippen molar-refractivity contribution >= 4 is 16.9 Å². The molecular weight excluding hydrogens is 414 g/mol. The first kappa shape index (κ1) is 20.1. The van der Waals surface area contributed by atoms with Crippen LogP contribution < -0.4 is 15.8 Å². The lowest BCUT2D eigenvalue weighted by atomic mass is 10.0. The maximum Gasteiger partial charge on any atom is 0.164 e. The van der Waals surface area contributed by atoms with Crippen LogP contribution in [0, 0.1) is 0 Å². The van der Waals surface area contributed by atoms with Gasteiger partial charge in [0, 0.05) is 31.2 Å². The molecule has 0 unspecified atom stereocenters. The molecular formula is C25H27N7O. The van der Waals surface area contributed by atoms with Crippen molar-refractivity contribution in [1.82, 2.24) is 30.0 Å². The number of hydrogen-bond acceptors (Lipinski definition) is 7. The summed E-state index contributed by atoms with van der Waals surface area (Å²) >= 11 is 0. The third-order valence-electron chi connectivity index (χ3n) is 6.67. The van der Waals surface area contributed by atoms with Crippen LogP contribution in [0.1, 0.15) is 18.9 Å². The Morgan fingerprint density at radius 3 is 2.48 bits per heavy atom. The van der Waals surface area contributed by atoms with Crippen LogP contribution in [0.25, 0.3) is 22.3 Å². The molecule has 2 saturated heterocycles. The minimum absolute atomic E-state index is 0.269. The second kappa shape index (κ2) is 8.46. The molecule has 2 fully saturated rings. The predicted octanol–water partition coefficient (Wildman–Crippen LogP) is 3.48. The highest BCUT2D eigenvalue weighted by atomic mass is 16.5. The fraction of sp³-hybridized carbons (Fsp3) is 0.320. The van der Waals surface area contributed by atoms with E-state index in [2.05, 4.69) is 24.9 Å². The van der Waals surface area contributed by atoms with Crippen LogP contribution in [-0.2, 0) is 0 Å². The molecule has 0 spiro atoms. The average Bonchev–Trinajstić information content (AvgIpc) is 3.21. The molecule has 2 aliphatic heterocycles. The van der Waals surface area contributed by atoms with Gasteiger partial charge in [-0.2, -0.15) is 5.10 Å². The topological polar surface area (TPSA) is 94.1 Å². The number of aromatic nitrogens is 4. The summed E-state index contributed by atoms with van der Waals surface area (Å²) in [7, 11) is 0. The smallest absolute Gasteiger partial charge is 0.164 e. The summed E-state index contributed by atoms with van der Waals surface area (Å²) in [5, 5.41) is 9.25. The molecule has 8 heteroatoms. The van der Waals surface area contributed by atoms with Crippen LogP contribution in [0.3, 0.4) is 0 Å². The van der Waals surface area contributed by atoms with Crippen molar-refractivity contribution in [3.8, 4) is 22.8 Å². The number of nitrogens with one attached hydrogen (secondary N) is 1. The molecule has 0 radical (unpaired) electrons. The van der Waals surface area contributed by atoms with Gasteiger partial charge in [-0.05, 0) is 55.8 Å². The summed E-state index contributed by atoms with van der Waals surface area (Å²) < 4.78 is 8.02. The van der Waals surface area contributed by atoms with E-state index in [0.717, 1.165) is 72.8 Å². The van der Waals surface area contributed by atoms with Crippen LogP contribution in [0.4, 0.5) is 5.82 Å². The third-order valence-corrected chi connectivity index (χ3v) is 6.67. The van der Waals surface area contributed by atoms with Gasteiger partial charge in [-0.15, -0.1) is 0 Å². The van der Waals surface area contributed by atoms with E-state index in [1.54, 1.807) is 0 Å². The van der Waals surface area contributed by atoms with E-state index in [4.69, 9.17) is 15.6 Å². The molecule has 4 heterocycles. The van der Waals surface area contributed by atoms with Gasteiger partial charge in [0.25, 0.3) is 0 Å². The maximum absolute atomic E-state index is 6.33. The number of piperidine rings is 1. The average molecular weight is 442 g/mol. The Kier molecular flexibility index (Phi) is 5.16. The Balaban J connectivity index is 1.33. The van der Waals surface area contributed by atoms with Crippen LogP contribution in [-0.4, -0.2) is 56.9 Å².